The summed E-state index contributed by atoms with van der Waals surface area (Å²) < 4.78 is 11.5. The van der Waals surface area contributed by atoms with Crippen LogP contribution in [0.3, 0.4) is 0 Å². The number of ether oxygens (including phenoxy) is 2. The van der Waals surface area contributed by atoms with Gasteiger partial charge in [0.25, 0.3) is 11.4 Å². The van der Waals surface area contributed by atoms with Gasteiger partial charge in [-0.1, -0.05) is 126 Å². The zero-order valence-corrected chi connectivity index (χ0v) is 41.2. The molecule has 0 spiro atoms. The molecule has 2 aliphatic rings. The molecule has 2 heterocycles. The largest absolute Gasteiger partial charge is 0.492 e. The lowest BCUT2D eigenvalue weighted by Crippen LogP contribution is -2.20. The second-order valence-electron chi connectivity index (χ2n) is 17.5. The van der Waals surface area contributed by atoms with Gasteiger partial charge in [-0.05, 0) is 86.3 Å². The quantitative estimate of drug-likeness (QED) is 0.127. The van der Waals surface area contributed by atoms with E-state index in [0.29, 0.717) is 40.6 Å². The highest BCUT2D eigenvalue weighted by Crippen LogP contribution is 2.40. The Kier molecular flexibility index (Phi) is 30.9. The van der Waals surface area contributed by atoms with Crippen LogP contribution in [-0.2, 0) is 19.1 Å². The average Bonchev–Trinajstić information content (AvgIpc) is 3.49. The number of aliphatic hydroxyl groups is 1. The van der Waals surface area contributed by atoms with Crippen molar-refractivity contribution in [2.45, 2.75) is 116 Å². The van der Waals surface area contributed by atoms with Gasteiger partial charge in [-0.15, -0.1) is 0 Å². The Balaban J connectivity index is -0.000000785. The minimum absolute atomic E-state index is 0.0884. The number of carbonyl (C=O) groups excluding carboxylic acids is 2. The molecule has 0 amide bonds. The summed E-state index contributed by atoms with van der Waals surface area (Å²) in [6.45, 7) is 51.6. The predicted molar refractivity (Wildman–Crippen MR) is 257 cm³/mol. The first-order valence-electron chi connectivity index (χ1n) is 21.0. The highest BCUT2D eigenvalue weighted by atomic mass is 16.5. The van der Waals surface area contributed by atoms with Gasteiger partial charge in [0.15, 0.2) is 17.3 Å². The molecule has 0 saturated heterocycles. The molecule has 65 heavy (non-hydrogen) atoms. The minimum atomic E-state index is -0.710. The smallest absolute Gasteiger partial charge is 0.304 e. The monoisotopic (exact) mass is 882 g/mol. The van der Waals surface area contributed by atoms with Crippen molar-refractivity contribution in [2.24, 2.45) is 35.0 Å². The van der Waals surface area contributed by atoms with Gasteiger partial charge in [-0.3, -0.25) is 9.59 Å². The van der Waals surface area contributed by atoms with E-state index < -0.39 is 5.60 Å². The third-order valence-corrected chi connectivity index (χ3v) is 7.65. The van der Waals surface area contributed by atoms with Crippen LogP contribution in [0.4, 0.5) is 0 Å². The number of aliphatic hydroxyl groups excluding tert-OH is 1. The van der Waals surface area contributed by atoms with Crippen molar-refractivity contribution in [1.29, 1.82) is 21.0 Å². The summed E-state index contributed by atoms with van der Waals surface area (Å²) in [6.07, 6.45) is 19.6. The number of ketones is 2. The lowest BCUT2D eigenvalue weighted by atomic mass is 9.91. The maximum Gasteiger partial charge on any atom is 0.304 e. The molecule has 0 aromatic heterocycles. The first kappa shape index (κ1) is 62.0. The second kappa shape index (κ2) is 32.4. The Morgan fingerprint density at radius 3 is 1.57 bits per heavy atom. The third-order valence-electron chi connectivity index (χ3n) is 7.65. The number of nitrogens with zero attached hydrogens (tertiary/aromatic N) is 7. The molecule has 0 fully saturated rings. The Bertz CT molecular complexity index is 2210. The van der Waals surface area contributed by atoms with E-state index in [0.717, 1.165) is 5.76 Å². The molecule has 2 aliphatic heterocycles. The zero-order valence-electron chi connectivity index (χ0n) is 41.2. The van der Waals surface area contributed by atoms with E-state index in [-0.39, 0.29) is 57.9 Å². The van der Waals surface area contributed by atoms with Gasteiger partial charge in [-0.25, -0.2) is 30.3 Å². The van der Waals surface area contributed by atoms with Crippen LogP contribution in [0.15, 0.2) is 118 Å². The van der Waals surface area contributed by atoms with E-state index in [1.165, 1.54) is 6.08 Å². The summed E-state index contributed by atoms with van der Waals surface area (Å²) >= 11 is 0. The number of allylic oxidation sites excluding steroid dienone is 15. The molecular weight excluding hydrogens is 815 g/mol. The first-order chi connectivity index (χ1) is 30.1. The van der Waals surface area contributed by atoms with Gasteiger partial charge in [0.2, 0.25) is 0 Å². The van der Waals surface area contributed by atoms with Crippen LogP contribution in [0.25, 0.3) is 14.5 Å². The zero-order chi connectivity index (χ0) is 51.1. The Labute approximate surface area is 390 Å². The first-order valence-corrected chi connectivity index (χ1v) is 21.0. The highest BCUT2D eigenvalue weighted by molar-refractivity contribution is 5.90. The summed E-state index contributed by atoms with van der Waals surface area (Å²) in [5.41, 5.74) is 0.789. The van der Waals surface area contributed by atoms with Crippen molar-refractivity contribution in [1.82, 2.24) is 0 Å². The van der Waals surface area contributed by atoms with Crippen molar-refractivity contribution in [2.75, 3.05) is 6.61 Å². The maximum atomic E-state index is 10.4. The molecular formula is C53H67N7O5. The topological polar surface area (TPSA) is 181 Å². The molecule has 0 radical (unpaired) electrons. The number of nitriles is 4. The van der Waals surface area contributed by atoms with E-state index in [9.17, 15) is 14.9 Å². The molecule has 0 aromatic rings. The molecule has 12 nitrogen and oxygen atoms in total. The van der Waals surface area contributed by atoms with E-state index in [1.54, 1.807) is 49.4 Å². The molecule has 0 bridgehead atoms. The molecule has 2 rings (SSSR count). The standard InChI is InChI=1S/C17H20N2O.C15H15N3O.C7H8N2.C7H12O2.C7H12O/c1-12(2)7-8-14-9-13(15(11-18)19-6)10-16(20-14)17(3,4)5;1-10(2)6-7-12-11(8-16)14(13(9-17)18-5)19-15(12,3)4;1-6(2)4-7(5-8)9-3;1-6(2)3-4-7(9)5-8;1-6(2)4-5-7(3)8/h7-10,12H,1-5H3;6-7,10H,1-4H3;4,6H,1-2H3;3-4,6,8H,5H2,1-2H3;4-6H,1-3H3/b8-7+,15-13-;7-6+,14-13-;7-4+;4-3+;5-4+. The van der Waals surface area contributed by atoms with Crippen molar-refractivity contribution in [3.8, 4) is 24.3 Å². The number of carbonyl (C=O) groups is 2. The summed E-state index contributed by atoms with van der Waals surface area (Å²) in [4.78, 5) is 30.0. The van der Waals surface area contributed by atoms with E-state index in [2.05, 4.69) is 28.4 Å². The van der Waals surface area contributed by atoms with Crippen LogP contribution in [0.1, 0.15) is 111 Å². The van der Waals surface area contributed by atoms with Crippen LogP contribution < -0.4 is 0 Å². The lowest BCUT2D eigenvalue weighted by Gasteiger charge is -2.26. The Hall–Kier alpha value is -7.27. The van der Waals surface area contributed by atoms with Gasteiger partial charge in [0.05, 0.1) is 43.5 Å². The summed E-state index contributed by atoms with van der Waals surface area (Å²) in [5, 5.41) is 43.7. The number of hydrogen-bond acceptors (Lipinski definition) is 9. The van der Waals surface area contributed by atoms with Gasteiger partial charge in [-0.2, -0.15) is 5.26 Å². The van der Waals surface area contributed by atoms with Crippen molar-refractivity contribution < 1.29 is 24.2 Å². The summed E-state index contributed by atoms with van der Waals surface area (Å²) in [6, 6.07) is 7.54. The highest BCUT2D eigenvalue weighted by Gasteiger charge is 2.38. The molecule has 0 atom stereocenters. The lowest BCUT2D eigenvalue weighted by molar-refractivity contribution is -0.117. The van der Waals surface area contributed by atoms with Gasteiger partial charge >= 0.3 is 5.70 Å². The van der Waals surface area contributed by atoms with Gasteiger partial charge in [0, 0.05) is 11.0 Å². The van der Waals surface area contributed by atoms with Crippen LogP contribution in [-0.4, -0.2) is 28.9 Å². The van der Waals surface area contributed by atoms with E-state index in [4.69, 9.17) is 50.1 Å². The van der Waals surface area contributed by atoms with Crippen molar-refractivity contribution in [3.63, 3.8) is 0 Å². The minimum Gasteiger partial charge on any atom is -0.492 e. The molecule has 0 unspecified atom stereocenters. The van der Waals surface area contributed by atoms with Crippen LogP contribution in [0.5, 0.6) is 0 Å². The number of rotatable bonds is 10. The fourth-order valence-electron chi connectivity index (χ4n) is 4.41. The van der Waals surface area contributed by atoms with Crippen LogP contribution in [0, 0.1) is 100 Å². The van der Waals surface area contributed by atoms with E-state index in [1.807, 2.05) is 133 Å². The third kappa shape index (κ3) is 28.1. The Morgan fingerprint density at radius 2 is 1.23 bits per heavy atom. The molecule has 0 saturated carbocycles. The molecule has 1 N–H and O–H groups in total. The van der Waals surface area contributed by atoms with Crippen LogP contribution in [0.2, 0.25) is 0 Å². The molecule has 0 aromatic carbocycles. The summed E-state index contributed by atoms with van der Waals surface area (Å²) in [7, 11) is 0. The van der Waals surface area contributed by atoms with Gasteiger partial charge in [0.1, 0.15) is 29.8 Å². The average molecular weight is 882 g/mol. The molecule has 0 aliphatic carbocycles. The van der Waals surface area contributed by atoms with Crippen LogP contribution >= 0.6 is 0 Å². The Morgan fingerprint density at radius 1 is 0.738 bits per heavy atom. The van der Waals surface area contributed by atoms with Crippen molar-refractivity contribution in [3.05, 3.63) is 152 Å². The summed E-state index contributed by atoms with van der Waals surface area (Å²) in [5.74, 6) is 3.30. The fourth-order valence-corrected chi connectivity index (χ4v) is 4.41. The molecule has 344 valence electrons. The maximum absolute atomic E-state index is 10.4. The van der Waals surface area contributed by atoms with E-state index >= 15 is 0 Å². The van der Waals surface area contributed by atoms with Gasteiger partial charge < -0.3 is 14.6 Å². The predicted octanol–water partition coefficient (Wildman–Crippen LogP) is 12.7. The molecule has 12 heteroatoms. The fraction of sp³-hybridized carbons (Fsp3) is 0.453. The van der Waals surface area contributed by atoms with Crippen molar-refractivity contribution >= 4 is 11.6 Å². The number of hydrogen-bond donors (Lipinski definition) is 1. The normalized spacial score (nSPS) is 15.7. The SMILES string of the molecule is CC(=O)/C=C/C(C)C.CC(C)/C=C/C(=O)CO.[C-]#[N+]/C(C#N)=C/C(C)C.[C-]#[N+]/C(C#N)=C1C=C(/C=C/C(C)C)OC(C(C)(C)C)=C/1.[C-]#[N+]/C(C#N)=C1\OC(C)(C)C(/C=C/C(C)C)=C1C#N. The second-order valence-corrected chi connectivity index (χ2v) is 17.5.